The Morgan fingerprint density at radius 1 is 1.28 bits per heavy atom. The maximum Gasteiger partial charge on any atom is 0.225 e. The summed E-state index contributed by atoms with van der Waals surface area (Å²) in [6, 6.07) is 6.76. The van der Waals surface area contributed by atoms with Crippen LogP contribution in [0.3, 0.4) is 0 Å². The summed E-state index contributed by atoms with van der Waals surface area (Å²) in [4.78, 5) is 6.89. The van der Waals surface area contributed by atoms with Crippen molar-refractivity contribution in [2.75, 3.05) is 19.3 Å². The van der Waals surface area contributed by atoms with Crippen LogP contribution in [0.15, 0.2) is 27.7 Å². The number of hydrogen-bond acceptors (Lipinski definition) is 8. The Hall–Kier alpha value is -3.15. The highest BCUT2D eigenvalue weighted by Gasteiger charge is 2.47. The van der Waals surface area contributed by atoms with Gasteiger partial charge in [0.1, 0.15) is 11.8 Å². The lowest BCUT2D eigenvalue weighted by Gasteiger charge is -2.41. The molecule has 3 heterocycles. The number of nitrogen functional groups attached to an aromatic ring is 1. The Balaban J connectivity index is 1.31. The Kier molecular flexibility index (Phi) is 5.85. The number of benzene rings is 1. The molecule has 4 aliphatic rings. The molecule has 3 N–H and O–H groups in total. The predicted molar refractivity (Wildman–Crippen MR) is 138 cm³/mol. The van der Waals surface area contributed by atoms with E-state index in [9.17, 15) is 5.26 Å². The number of allylic oxidation sites excluding steroid dienone is 1. The molecule has 0 radical (unpaired) electrons. The molecule has 1 spiro atoms. The molecule has 4 atom stereocenters. The van der Waals surface area contributed by atoms with Crippen LogP contribution >= 0.6 is 0 Å². The molecule has 6 rings (SSSR count). The molecular weight excluding hydrogens is 452 g/mol. The highest BCUT2D eigenvalue weighted by molar-refractivity contribution is 5.85. The number of aryl methyl sites for hydroxylation is 1. The fraction of sp³-hybridized carbons (Fsp3) is 0.536. The van der Waals surface area contributed by atoms with Crippen LogP contribution in [0.2, 0.25) is 0 Å². The monoisotopic (exact) mass is 486 g/mol. The summed E-state index contributed by atoms with van der Waals surface area (Å²) < 4.78 is 12.5. The van der Waals surface area contributed by atoms with Crippen LogP contribution in [0.1, 0.15) is 79.2 Å². The maximum atomic E-state index is 10.0. The Morgan fingerprint density at radius 3 is 2.89 bits per heavy atom. The number of aromatic nitrogens is 1. The second-order valence-corrected chi connectivity index (χ2v) is 10.7. The van der Waals surface area contributed by atoms with Gasteiger partial charge in [-0.2, -0.15) is 5.26 Å². The van der Waals surface area contributed by atoms with Crippen molar-refractivity contribution in [3.8, 4) is 6.07 Å². The lowest BCUT2D eigenvalue weighted by molar-refractivity contribution is -0.0403. The molecule has 1 saturated heterocycles. The summed E-state index contributed by atoms with van der Waals surface area (Å²) >= 11 is 0. The second-order valence-electron chi connectivity index (χ2n) is 10.7. The number of aliphatic imine (C=N–C) groups is 1. The van der Waals surface area contributed by atoms with Crippen molar-refractivity contribution < 1.29 is 9.26 Å². The average molecular weight is 487 g/mol. The molecule has 188 valence electrons. The number of ether oxygens (including phenoxy) is 1. The van der Waals surface area contributed by atoms with E-state index in [-0.39, 0.29) is 11.5 Å². The molecule has 1 aromatic heterocycles. The summed E-state index contributed by atoms with van der Waals surface area (Å²) in [5.41, 5.74) is 12.1. The molecule has 2 aliphatic carbocycles. The van der Waals surface area contributed by atoms with Gasteiger partial charge in [0, 0.05) is 23.5 Å². The Bertz CT molecular complexity index is 1270. The van der Waals surface area contributed by atoms with Crippen molar-refractivity contribution in [3.05, 3.63) is 51.9 Å². The number of rotatable bonds is 4. The van der Waals surface area contributed by atoms with Crippen LogP contribution in [0, 0.1) is 11.3 Å². The molecule has 1 aromatic carbocycles. The van der Waals surface area contributed by atoms with Crippen molar-refractivity contribution in [1.29, 1.82) is 5.26 Å². The molecule has 1 fully saturated rings. The Morgan fingerprint density at radius 2 is 2.11 bits per heavy atom. The van der Waals surface area contributed by atoms with E-state index in [0.29, 0.717) is 17.3 Å². The van der Waals surface area contributed by atoms with Gasteiger partial charge in [0.05, 0.1) is 22.8 Å². The van der Waals surface area contributed by atoms with Gasteiger partial charge in [-0.05, 0) is 95.2 Å². The third kappa shape index (κ3) is 3.64. The number of nitriles is 1. The molecule has 0 amide bonds. The van der Waals surface area contributed by atoms with Crippen LogP contribution in [0.5, 0.6) is 0 Å². The van der Waals surface area contributed by atoms with E-state index < -0.39 is 6.35 Å². The largest absolute Gasteiger partial charge is 0.398 e. The first kappa shape index (κ1) is 23.3. The van der Waals surface area contributed by atoms with Crippen LogP contribution < -0.4 is 11.1 Å². The van der Waals surface area contributed by atoms with Gasteiger partial charge in [-0.25, -0.2) is 4.99 Å². The zero-order chi connectivity index (χ0) is 24.9. The molecule has 4 unspecified atom stereocenters. The Labute approximate surface area is 212 Å². The first-order valence-corrected chi connectivity index (χ1v) is 13.2. The molecule has 0 saturated carbocycles. The standard InChI is InChI=1S/C28H34N6O2/c1-17(23-8-5-15-34(23)2)35-27-31-14-11-22(32-27)25-19-7-4-13-28(26(19)36-33-25)12-3-6-18-9-10-21(30)20(16-29)24(18)28/h9-11,14,17,23,27,32H,3-8,12-13,15,30H2,1-2H3. The average Bonchev–Trinajstić information content (AvgIpc) is 3.52. The fourth-order valence-corrected chi connectivity index (χ4v) is 6.98. The minimum absolute atomic E-state index is 0.0644. The number of fused-ring (bicyclic) bond motifs is 4. The van der Waals surface area contributed by atoms with Crippen molar-refractivity contribution in [3.63, 3.8) is 0 Å². The van der Waals surface area contributed by atoms with Crippen LogP contribution in [-0.2, 0) is 23.0 Å². The van der Waals surface area contributed by atoms with Gasteiger partial charge in [-0.1, -0.05) is 11.2 Å². The van der Waals surface area contributed by atoms with E-state index >= 15 is 0 Å². The molecule has 8 heteroatoms. The minimum Gasteiger partial charge on any atom is -0.398 e. The molecular formula is C28H34N6O2. The number of nitrogens with zero attached hydrogens (tertiary/aromatic N) is 4. The van der Waals surface area contributed by atoms with Crippen molar-refractivity contribution >= 4 is 17.6 Å². The van der Waals surface area contributed by atoms with E-state index in [1.807, 2.05) is 12.1 Å². The number of anilines is 1. The predicted octanol–water partition coefficient (Wildman–Crippen LogP) is 3.88. The van der Waals surface area contributed by atoms with E-state index in [1.165, 1.54) is 12.0 Å². The van der Waals surface area contributed by atoms with Crippen LogP contribution in [0.25, 0.3) is 5.70 Å². The second kappa shape index (κ2) is 9.06. The number of nitrogens with one attached hydrogen (secondary N) is 1. The highest BCUT2D eigenvalue weighted by atomic mass is 16.5. The molecule has 36 heavy (non-hydrogen) atoms. The smallest absolute Gasteiger partial charge is 0.225 e. The highest BCUT2D eigenvalue weighted by Crippen LogP contribution is 2.52. The van der Waals surface area contributed by atoms with Crippen molar-refractivity contribution in [2.45, 2.75) is 82.2 Å². The molecule has 2 aromatic rings. The SMILES string of the molecule is CC(OC1N=CC=C(c2noc3c2CCCC32CCCc3ccc(N)c(C#N)c32)N1)C1CCCN1C. The van der Waals surface area contributed by atoms with Gasteiger partial charge in [0.25, 0.3) is 0 Å². The van der Waals surface area contributed by atoms with Crippen LogP contribution in [0.4, 0.5) is 5.69 Å². The third-order valence-electron chi connectivity index (χ3n) is 8.68. The zero-order valence-corrected chi connectivity index (χ0v) is 21.1. The molecule has 8 nitrogen and oxygen atoms in total. The van der Waals surface area contributed by atoms with Gasteiger partial charge in [-0.15, -0.1) is 0 Å². The lowest BCUT2D eigenvalue weighted by atomic mass is 9.61. The summed E-state index contributed by atoms with van der Waals surface area (Å²) in [7, 11) is 2.16. The minimum atomic E-state index is -0.459. The van der Waals surface area contributed by atoms with Crippen molar-refractivity contribution in [1.82, 2.24) is 15.4 Å². The van der Waals surface area contributed by atoms with Gasteiger partial charge in [0.15, 0.2) is 5.76 Å². The molecule has 2 aliphatic heterocycles. The zero-order valence-electron chi connectivity index (χ0n) is 21.1. The van der Waals surface area contributed by atoms with E-state index in [0.717, 1.165) is 79.8 Å². The van der Waals surface area contributed by atoms with E-state index in [1.54, 1.807) is 6.21 Å². The maximum absolute atomic E-state index is 10.0. The van der Waals surface area contributed by atoms with Gasteiger partial charge in [0.2, 0.25) is 6.35 Å². The number of likely N-dealkylation sites (tertiary alicyclic amines) is 1. The summed E-state index contributed by atoms with van der Waals surface area (Å²) in [5, 5.41) is 18.0. The topological polar surface area (TPSA) is 113 Å². The first-order valence-electron chi connectivity index (χ1n) is 13.2. The van der Waals surface area contributed by atoms with Crippen LogP contribution in [-0.4, -0.2) is 48.4 Å². The lowest BCUT2D eigenvalue weighted by Crippen LogP contribution is -2.42. The first-order chi connectivity index (χ1) is 17.5. The number of likely N-dealkylation sites (N-methyl/N-ethyl adjacent to an activating group) is 1. The fourth-order valence-electron chi connectivity index (χ4n) is 6.98. The van der Waals surface area contributed by atoms with Gasteiger partial charge >= 0.3 is 0 Å². The normalized spacial score (nSPS) is 28.2. The van der Waals surface area contributed by atoms with Crippen molar-refractivity contribution in [2.24, 2.45) is 4.99 Å². The number of nitrogens with two attached hydrogens (primary N) is 1. The van der Waals surface area contributed by atoms with E-state index in [2.05, 4.69) is 46.5 Å². The van der Waals surface area contributed by atoms with E-state index in [4.69, 9.17) is 15.0 Å². The summed E-state index contributed by atoms with van der Waals surface area (Å²) in [6.45, 7) is 3.24. The molecule has 0 bridgehead atoms. The van der Waals surface area contributed by atoms with Gasteiger partial charge < -0.3 is 25.2 Å². The summed E-state index contributed by atoms with van der Waals surface area (Å²) in [6.07, 6.45) is 11.5. The van der Waals surface area contributed by atoms with Gasteiger partial charge in [-0.3, -0.25) is 0 Å². The quantitative estimate of drug-likeness (QED) is 0.631. The third-order valence-corrected chi connectivity index (χ3v) is 8.68. The number of hydrogen-bond donors (Lipinski definition) is 2. The summed E-state index contributed by atoms with van der Waals surface area (Å²) in [5.74, 6) is 0.899.